The molecule has 4 rings (SSSR count). The van der Waals surface area contributed by atoms with Crippen molar-refractivity contribution in [3.63, 3.8) is 0 Å². The lowest BCUT2D eigenvalue weighted by molar-refractivity contribution is -0.116. The van der Waals surface area contributed by atoms with Crippen LogP contribution in [0.5, 0.6) is 17.2 Å². The number of nitrogens with one attached hydrogen (secondary N) is 1. The van der Waals surface area contributed by atoms with Crippen LogP contribution in [0.2, 0.25) is 0 Å². The smallest absolute Gasteiger partial charge is 0.225 e. The summed E-state index contributed by atoms with van der Waals surface area (Å²) in [5.74, 6) is 0.791. The number of sulfone groups is 1. The molecule has 0 aliphatic carbocycles. The molecule has 1 amide bonds. The molecule has 1 aliphatic heterocycles. The summed E-state index contributed by atoms with van der Waals surface area (Å²) in [6, 6.07) is 10.3. The van der Waals surface area contributed by atoms with Gasteiger partial charge in [-0.25, -0.2) is 8.42 Å². The van der Waals surface area contributed by atoms with E-state index >= 15 is 0 Å². The van der Waals surface area contributed by atoms with Crippen molar-refractivity contribution in [2.24, 2.45) is 0 Å². The molecule has 1 atom stereocenters. The van der Waals surface area contributed by atoms with E-state index in [1.807, 2.05) is 6.92 Å². The highest BCUT2D eigenvalue weighted by atomic mass is 32.2. The summed E-state index contributed by atoms with van der Waals surface area (Å²) in [4.78, 5) is 13.7. The molecule has 0 unspecified atom stereocenters. The van der Waals surface area contributed by atoms with Crippen molar-refractivity contribution in [3.05, 3.63) is 57.8 Å². The standard InChI is InChI=1S/C23H23NO6S2/c1-13-5-7-15(8-6-13)32(26,27)19-12-31-23-16(11-20(25)24-21(19)23)14-9-17(28-2)22(30-4)18(10-14)29-3/h5-10,12,16H,11H2,1-4H3,(H,24,25)/t16-/m0/s1. The Morgan fingerprint density at radius 3 is 2.19 bits per heavy atom. The quantitative estimate of drug-likeness (QED) is 0.571. The largest absolute Gasteiger partial charge is 0.493 e. The van der Waals surface area contributed by atoms with Gasteiger partial charge in [-0.15, -0.1) is 11.3 Å². The molecule has 0 saturated carbocycles. The highest BCUT2D eigenvalue weighted by Crippen LogP contribution is 2.48. The fourth-order valence-electron chi connectivity index (χ4n) is 3.82. The van der Waals surface area contributed by atoms with E-state index in [0.717, 1.165) is 16.0 Å². The summed E-state index contributed by atoms with van der Waals surface area (Å²) in [6.07, 6.45) is 0.177. The minimum absolute atomic E-state index is 0.104. The Hall–Kier alpha value is -3.04. The van der Waals surface area contributed by atoms with Gasteiger partial charge in [-0.3, -0.25) is 4.79 Å². The first kappa shape index (κ1) is 22.2. The van der Waals surface area contributed by atoms with Crippen molar-refractivity contribution in [1.29, 1.82) is 0 Å². The number of amides is 1. The first-order valence-electron chi connectivity index (χ1n) is 9.83. The van der Waals surface area contributed by atoms with Crippen molar-refractivity contribution in [2.45, 2.75) is 29.1 Å². The SMILES string of the molecule is COc1cc([C@@H]2CC(=O)Nc3c(S(=O)(=O)c4ccc(C)cc4)csc32)cc(OC)c1OC. The second-order valence-electron chi connectivity index (χ2n) is 7.42. The molecule has 32 heavy (non-hydrogen) atoms. The van der Waals surface area contributed by atoms with Crippen LogP contribution in [-0.2, 0) is 14.6 Å². The summed E-state index contributed by atoms with van der Waals surface area (Å²) < 4.78 is 42.9. The van der Waals surface area contributed by atoms with Gasteiger partial charge in [0, 0.05) is 22.6 Å². The molecule has 168 valence electrons. The molecule has 0 spiro atoms. The van der Waals surface area contributed by atoms with Crippen LogP contribution in [0.1, 0.15) is 28.3 Å². The van der Waals surface area contributed by atoms with Gasteiger partial charge in [0.1, 0.15) is 4.90 Å². The third kappa shape index (κ3) is 3.71. The van der Waals surface area contributed by atoms with Crippen LogP contribution >= 0.6 is 11.3 Å². The number of aryl methyl sites for hydroxylation is 1. The maximum atomic E-state index is 13.3. The van der Waals surface area contributed by atoms with Crippen LogP contribution in [0.25, 0.3) is 0 Å². The van der Waals surface area contributed by atoms with Crippen molar-refractivity contribution in [2.75, 3.05) is 26.6 Å². The van der Waals surface area contributed by atoms with Crippen LogP contribution < -0.4 is 19.5 Å². The monoisotopic (exact) mass is 473 g/mol. The summed E-state index contributed by atoms with van der Waals surface area (Å²) in [6.45, 7) is 1.89. The van der Waals surface area contributed by atoms with Crippen molar-refractivity contribution in [3.8, 4) is 17.2 Å². The Balaban J connectivity index is 1.84. The molecule has 0 fully saturated rings. The normalized spacial score (nSPS) is 15.6. The average Bonchev–Trinajstić information content (AvgIpc) is 3.22. The summed E-state index contributed by atoms with van der Waals surface area (Å²) in [7, 11) is 0.779. The fourth-order valence-corrected chi connectivity index (χ4v) is 6.73. The third-order valence-corrected chi connectivity index (χ3v) is 8.51. The Labute approximate surface area is 190 Å². The zero-order valence-corrected chi connectivity index (χ0v) is 19.7. The molecule has 3 aromatic rings. The van der Waals surface area contributed by atoms with Gasteiger partial charge >= 0.3 is 0 Å². The van der Waals surface area contributed by atoms with Crippen molar-refractivity contribution < 1.29 is 27.4 Å². The lowest BCUT2D eigenvalue weighted by atomic mass is 9.90. The number of rotatable bonds is 6. The number of carbonyl (C=O) groups excluding carboxylic acids is 1. The van der Waals surface area contributed by atoms with E-state index in [1.165, 1.54) is 32.7 Å². The zero-order valence-electron chi connectivity index (χ0n) is 18.1. The van der Waals surface area contributed by atoms with Gasteiger partial charge in [0.05, 0.1) is 31.9 Å². The minimum Gasteiger partial charge on any atom is -0.493 e. The zero-order chi connectivity index (χ0) is 23.0. The molecule has 2 aromatic carbocycles. The van der Waals surface area contributed by atoms with Gasteiger partial charge in [0.15, 0.2) is 11.5 Å². The lowest BCUT2D eigenvalue weighted by Gasteiger charge is -2.25. The van der Waals surface area contributed by atoms with E-state index in [2.05, 4.69) is 5.32 Å². The summed E-state index contributed by atoms with van der Waals surface area (Å²) in [5.41, 5.74) is 2.08. The van der Waals surface area contributed by atoms with E-state index in [4.69, 9.17) is 14.2 Å². The molecule has 0 saturated heterocycles. The molecular formula is C23H23NO6S2. The molecule has 7 nitrogen and oxygen atoms in total. The first-order chi connectivity index (χ1) is 15.3. The molecule has 0 radical (unpaired) electrons. The number of hydrogen-bond acceptors (Lipinski definition) is 7. The van der Waals surface area contributed by atoms with Crippen LogP contribution in [0.3, 0.4) is 0 Å². The Bertz CT molecular complexity index is 1250. The van der Waals surface area contributed by atoms with Crippen molar-refractivity contribution in [1.82, 2.24) is 0 Å². The predicted octanol–water partition coefficient (Wildman–Crippen LogP) is 4.39. The van der Waals surface area contributed by atoms with E-state index in [1.54, 1.807) is 41.8 Å². The van der Waals surface area contributed by atoms with Gasteiger partial charge in [0.2, 0.25) is 21.5 Å². The molecule has 1 N–H and O–H groups in total. The van der Waals surface area contributed by atoms with E-state index in [-0.39, 0.29) is 28.0 Å². The van der Waals surface area contributed by atoms with Gasteiger partial charge in [0.25, 0.3) is 0 Å². The maximum Gasteiger partial charge on any atom is 0.225 e. The molecule has 9 heteroatoms. The van der Waals surface area contributed by atoms with Gasteiger partial charge in [-0.05, 0) is 36.8 Å². The number of thiophene rings is 1. The molecule has 0 bridgehead atoms. The second kappa shape index (κ2) is 8.48. The average molecular weight is 474 g/mol. The Morgan fingerprint density at radius 2 is 1.62 bits per heavy atom. The number of ether oxygens (including phenoxy) is 3. The highest BCUT2D eigenvalue weighted by molar-refractivity contribution is 7.91. The number of carbonyl (C=O) groups is 1. The number of fused-ring (bicyclic) bond motifs is 1. The highest BCUT2D eigenvalue weighted by Gasteiger charge is 2.35. The third-order valence-electron chi connectivity index (χ3n) is 5.47. The van der Waals surface area contributed by atoms with Crippen LogP contribution in [0, 0.1) is 6.92 Å². The maximum absolute atomic E-state index is 13.3. The Kier molecular flexibility index (Phi) is 5.87. The van der Waals surface area contributed by atoms with Crippen LogP contribution in [-0.4, -0.2) is 35.7 Å². The lowest BCUT2D eigenvalue weighted by Crippen LogP contribution is -2.23. The van der Waals surface area contributed by atoms with E-state index < -0.39 is 9.84 Å². The fraction of sp³-hybridized carbons (Fsp3) is 0.261. The first-order valence-corrected chi connectivity index (χ1v) is 12.2. The number of anilines is 1. The van der Waals surface area contributed by atoms with Crippen LogP contribution in [0.15, 0.2) is 51.6 Å². The number of methoxy groups -OCH3 is 3. The molecule has 1 aliphatic rings. The summed E-state index contributed by atoms with van der Waals surface area (Å²) >= 11 is 1.31. The van der Waals surface area contributed by atoms with Crippen molar-refractivity contribution >= 4 is 32.8 Å². The molecular weight excluding hydrogens is 450 g/mol. The Morgan fingerprint density at radius 1 is 1.00 bits per heavy atom. The van der Waals surface area contributed by atoms with Crippen LogP contribution in [0.4, 0.5) is 5.69 Å². The molecule has 1 aromatic heterocycles. The van der Waals surface area contributed by atoms with E-state index in [0.29, 0.717) is 22.9 Å². The summed E-state index contributed by atoms with van der Waals surface area (Å²) in [5, 5.41) is 4.37. The minimum atomic E-state index is -3.79. The van der Waals surface area contributed by atoms with E-state index in [9.17, 15) is 13.2 Å². The number of hydrogen-bond donors (Lipinski definition) is 1. The second-order valence-corrected chi connectivity index (χ2v) is 10.2. The van der Waals surface area contributed by atoms with Gasteiger partial charge < -0.3 is 19.5 Å². The van der Waals surface area contributed by atoms with Gasteiger partial charge in [-0.1, -0.05) is 17.7 Å². The van der Waals surface area contributed by atoms with Gasteiger partial charge in [-0.2, -0.15) is 0 Å². The molecule has 2 heterocycles. The topological polar surface area (TPSA) is 90.9 Å². The number of benzene rings is 2. The predicted molar refractivity (Wildman–Crippen MR) is 122 cm³/mol.